The monoisotopic (exact) mass is 358 g/mol. The summed E-state index contributed by atoms with van der Waals surface area (Å²) >= 11 is 0. The van der Waals surface area contributed by atoms with Gasteiger partial charge in [0.05, 0.1) is 19.3 Å². The maximum atomic E-state index is 12.5. The van der Waals surface area contributed by atoms with Crippen molar-refractivity contribution in [2.24, 2.45) is 0 Å². The normalized spacial score (nSPS) is 16.5. The number of rotatable bonds is 7. The Hall–Kier alpha value is -2.31. The van der Waals surface area contributed by atoms with E-state index < -0.39 is 6.10 Å². The standard InChI is InChI=1S/C20H26N2O4/c1-2-25-17-7-5-16(6-8-17)14-20(24)22-11-9-21(10-12-22)15-18(23)19-4-3-13-26-19/h3-8,13,18,23H,2,9-12,14-15H2,1H3/t18-/m1/s1. The molecule has 1 aliphatic rings. The predicted octanol–water partition coefficient (Wildman–Crippen LogP) is 2.10. The Kier molecular flexibility index (Phi) is 6.30. The van der Waals surface area contributed by atoms with Crippen LogP contribution in [0.3, 0.4) is 0 Å². The van der Waals surface area contributed by atoms with E-state index in [1.807, 2.05) is 36.1 Å². The van der Waals surface area contributed by atoms with E-state index in [1.165, 1.54) is 0 Å². The van der Waals surface area contributed by atoms with Gasteiger partial charge in [0.2, 0.25) is 5.91 Å². The molecule has 1 aliphatic heterocycles. The summed E-state index contributed by atoms with van der Waals surface area (Å²) in [4.78, 5) is 16.6. The molecule has 0 unspecified atom stereocenters. The summed E-state index contributed by atoms with van der Waals surface area (Å²) in [7, 11) is 0. The lowest BCUT2D eigenvalue weighted by Gasteiger charge is -2.35. The summed E-state index contributed by atoms with van der Waals surface area (Å²) < 4.78 is 10.7. The lowest BCUT2D eigenvalue weighted by Crippen LogP contribution is -2.50. The van der Waals surface area contributed by atoms with Crippen LogP contribution in [0.4, 0.5) is 0 Å². The van der Waals surface area contributed by atoms with Crippen LogP contribution in [0.5, 0.6) is 5.75 Å². The molecule has 1 saturated heterocycles. The molecule has 6 nitrogen and oxygen atoms in total. The van der Waals surface area contributed by atoms with Gasteiger partial charge in [0.15, 0.2) is 0 Å². The summed E-state index contributed by atoms with van der Waals surface area (Å²) in [5.41, 5.74) is 0.995. The van der Waals surface area contributed by atoms with Gasteiger partial charge in [0.25, 0.3) is 0 Å². The van der Waals surface area contributed by atoms with Crippen LogP contribution in [0.15, 0.2) is 47.1 Å². The number of β-amino-alcohol motifs (C(OH)–C–C–N with tert-alkyl or cyclic N) is 1. The molecule has 140 valence electrons. The van der Waals surface area contributed by atoms with Crippen LogP contribution < -0.4 is 4.74 Å². The molecule has 0 saturated carbocycles. The molecule has 1 amide bonds. The van der Waals surface area contributed by atoms with Gasteiger partial charge < -0.3 is 19.2 Å². The first-order valence-electron chi connectivity index (χ1n) is 9.09. The number of benzene rings is 1. The zero-order chi connectivity index (χ0) is 18.4. The van der Waals surface area contributed by atoms with E-state index in [0.717, 1.165) is 24.4 Å². The van der Waals surface area contributed by atoms with Gasteiger partial charge in [-0.05, 0) is 36.8 Å². The predicted molar refractivity (Wildman–Crippen MR) is 98.0 cm³/mol. The fraction of sp³-hybridized carbons (Fsp3) is 0.450. The largest absolute Gasteiger partial charge is 0.494 e. The molecular weight excluding hydrogens is 332 g/mol. The van der Waals surface area contributed by atoms with Crippen molar-refractivity contribution in [3.8, 4) is 5.75 Å². The van der Waals surface area contributed by atoms with Crippen LogP contribution in [0, 0.1) is 0 Å². The molecule has 0 aliphatic carbocycles. The second-order valence-corrected chi connectivity index (χ2v) is 6.47. The number of carbonyl (C=O) groups excluding carboxylic acids is 1. The smallest absolute Gasteiger partial charge is 0.227 e. The molecule has 1 N–H and O–H groups in total. The highest BCUT2D eigenvalue weighted by Gasteiger charge is 2.23. The summed E-state index contributed by atoms with van der Waals surface area (Å²) in [6.07, 6.45) is 1.34. The second kappa shape index (κ2) is 8.87. The fourth-order valence-corrected chi connectivity index (χ4v) is 3.15. The molecule has 6 heteroatoms. The maximum absolute atomic E-state index is 12.5. The Bertz CT molecular complexity index is 676. The third kappa shape index (κ3) is 4.86. The quantitative estimate of drug-likeness (QED) is 0.821. The van der Waals surface area contributed by atoms with Crippen LogP contribution >= 0.6 is 0 Å². The zero-order valence-electron chi connectivity index (χ0n) is 15.1. The van der Waals surface area contributed by atoms with Crippen LogP contribution in [-0.2, 0) is 11.2 Å². The van der Waals surface area contributed by atoms with E-state index in [-0.39, 0.29) is 5.91 Å². The molecule has 1 aromatic carbocycles. The average Bonchev–Trinajstić information content (AvgIpc) is 3.19. The van der Waals surface area contributed by atoms with E-state index >= 15 is 0 Å². The number of hydrogen-bond donors (Lipinski definition) is 1. The average molecular weight is 358 g/mol. The first-order valence-corrected chi connectivity index (χ1v) is 9.09. The highest BCUT2D eigenvalue weighted by atomic mass is 16.5. The minimum atomic E-state index is -0.629. The number of furan rings is 1. The molecule has 0 radical (unpaired) electrons. The Balaban J connectivity index is 1.44. The Labute approximate surface area is 154 Å². The number of nitrogens with zero attached hydrogens (tertiary/aromatic N) is 2. The van der Waals surface area contributed by atoms with Gasteiger partial charge in [-0.25, -0.2) is 0 Å². The highest BCUT2D eigenvalue weighted by molar-refractivity contribution is 5.78. The van der Waals surface area contributed by atoms with Crippen LogP contribution in [0.1, 0.15) is 24.4 Å². The topological polar surface area (TPSA) is 66.2 Å². The molecule has 26 heavy (non-hydrogen) atoms. The minimum Gasteiger partial charge on any atom is -0.494 e. The SMILES string of the molecule is CCOc1ccc(CC(=O)N2CCN(C[C@@H](O)c3ccco3)CC2)cc1. The number of ether oxygens (including phenoxy) is 1. The summed E-state index contributed by atoms with van der Waals surface area (Å²) in [5.74, 6) is 1.55. The molecule has 2 heterocycles. The molecule has 0 spiro atoms. The molecular formula is C20H26N2O4. The van der Waals surface area contributed by atoms with Gasteiger partial charge in [-0.2, -0.15) is 0 Å². The Morgan fingerprint density at radius 1 is 1.19 bits per heavy atom. The van der Waals surface area contributed by atoms with Crippen molar-refractivity contribution in [3.63, 3.8) is 0 Å². The summed E-state index contributed by atoms with van der Waals surface area (Å²) in [6, 6.07) is 11.2. The van der Waals surface area contributed by atoms with Crippen molar-refractivity contribution in [2.45, 2.75) is 19.4 Å². The second-order valence-electron chi connectivity index (χ2n) is 6.47. The molecule has 1 aromatic heterocycles. The molecule has 1 fully saturated rings. The lowest BCUT2D eigenvalue weighted by molar-refractivity contribution is -0.132. The van der Waals surface area contributed by atoms with Crippen molar-refractivity contribution >= 4 is 5.91 Å². The maximum Gasteiger partial charge on any atom is 0.227 e. The van der Waals surface area contributed by atoms with Gasteiger partial charge in [0.1, 0.15) is 17.6 Å². The van der Waals surface area contributed by atoms with Gasteiger partial charge in [0, 0.05) is 32.7 Å². The molecule has 2 aromatic rings. The van der Waals surface area contributed by atoms with Gasteiger partial charge in [-0.3, -0.25) is 9.69 Å². The number of aliphatic hydroxyl groups is 1. The molecule has 3 rings (SSSR count). The number of amides is 1. The van der Waals surface area contributed by atoms with Crippen molar-refractivity contribution in [3.05, 3.63) is 54.0 Å². The fourth-order valence-electron chi connectivity index (χ4n) is 3.15. The van der Waals surface area contributed by atoms with Gasteiger partial charge in [-0.1, -0.05) is 12.1 Å². The third-order valence-electron chi connectivity index (χ3n) is 4.62. The van der Waals surface area contributed by atoms with Gasteiger partial charge >= 0.3 is 0 Å². The zero-order valence-corrected chi connectivity index (χ0v) is 15.1. The van der Waals surface area contributed by atoms with Crippen molar-refractivity contribution < 1.29 is 19.1 Å². The third-order valence-corrected chi connectivity index (χ3v) is 4.62. The van der Waals surface area contributed by atoms with Crippen molar-refractivity contribution in [1.29, 1.82) is 0 Å². The van der Waals surface area contributed by atoms with Gasteiger partial charge in [-0.15, -0.1) is 0 Å². The molecule has 0 bridgehead atoms. The van der Waals surface area contributed by atoms with Crippen molar-refractivity contribution in [1.82, 2.24) is 9.80 Å². The number of aliphatic hydroxyl groups excluding tert-OH is 1. The van der Waals surface area contributed by atoms with Crippen LogP contribution in [-0.4, -0.2) is 60.1 Å². The minimum absolute atomic E-state index is 0.139. The highest BCUT2D eigenvalue weighted by Crippen LogP contribution is 2.17. The van der Waals surface area contributed by atoms with Crippen molar-refractivity contribution in [2.75, 3.05) is 39.3 Å². The van der Waals surface area contributed by atoms with E-state index in [1.54, 1.807) is 18.4 Å². The lowest BCUT2D eigenvalue weighted by atomic mass is 10.1. The Morgan fingerprint density at radius 2 is 1.92 bits per heavy atom. The summed E-state index contributed by atoms with van der Waals surface area (Å²) in [6.45, 7) is 5.98. The number of hydrogen-bond acceptors (Lipinski definition) is 5. The van der Waals surface area contributed by atoms with E-state index in [9.17, 15) is 9.90 Å². The first kappa shape index (κ1) is 18.5. The van der Waals surface area contributed by atoms with Crippen LogP contribution in [0.25, 0.3) is 0 Å². The number of piperazine rings is 1. The van der Waals surface area contributed by atoms with E-state index in [0.29, 0.717) is 38.4 Å². The van der Waals surface area contributed by atoms with E-state index in [2.05, 4.69) is 4.90 Å². The van der Waals surface area contributed by atoms with Crippen LogP contribution in [0.2, 0.25) is 0 Å². The Morgan fingerprint density at radius 3 is 2.54 bits per heavy atom. The summed E-state index contributed by atoms with van der Waals surface area (Å²) in [5, 5.41) is 10.2. The molecule has 1 atom stereocenters. The van der Waals surface area contributed by atoms with E-state index in [4.69, 9.17) is 9.15 Å². The number of carbonyl (C=O) groups is 1. The first-order chi connectivity index (χ1) is 12.7.